The first kappa shape index (κ1) is 26.5. The number of carbonyl (C=O) groups excluding carboxylic acids is 1. The zero-order valence-electron chi connectivity index (χ0n) is 20.3. The summed E-state index contributed by atoms with van der Waals surface area (Å²) in [5, 5.41) is 10.8. The summed E-state index contributed by atoms with van der Waals surface area (Å²) in [4.78, 5) is 13.2. The van der Waals surface area contributed by atoms with Crippen LogP contribution < -0.4 is 0 Å². The zero-order valence-corrected chi connectivity index (χ0v) is 20.3. The Balaban J connectivity index is 2.09. The van der Waals surface area contributed by atoms with Crippen molar-refractivity contribution in [2.24, 2.45) is 11.3 Å². The van der Waals surface area contributed by atoms with Gasteiger partial charge in [0, 0.05) is 18.4 Å². The average molecular weight is 481 g/mol. The predicted octanol–water partition coefficient (Wildman–Crippen LogP) is 6.00. The van der Waals surface area contributed by atoms with E-state index in [1.165, 1.54) is 6.08 Å². The van der Waals surface area contributed by atoms with E-state index >= 15 is 8.78 Å². The van der Waals surface area contributed by atoms with Crippen molar-refractivity contribution in [2.45, 2.75) is 88.8 Å². The Morgan fingerprint density at radius 2 is 2.06 bits per heavy atom. The molecular formula is C27H38F2O5. The van der Waals surface area contributed by atoms with Crippen molar-refractivity contribution in [3.05, 3.63) is 48.5 Å². The number of ether oxygens (including phenoxy) is 3. The van der Waals surface area contributed by atoms with E-state index in [1.807, 2.05) is 6.08 Å². The minimum absolute atomic E-state index is 0.0487. The number of rotatable bonds is 9. The number of aliphatic hydroxyl groups is 1. The molecule has 1 aliphatic heterocycles. The normalized spacial score (nSPS) is 32.8. The summed E-state index contributed by atoms with van der Waals surface area (Å²) in [5.74, 6) is -5.70. The van der Waals surface area contributed by atoms with Gasteiger partial charge in [-0.15, -0.1) is 0 Å². The van der Waals surface area contributed by atoms with Crippen LogP contribution >= 0.6 is 0 Å². The van der Waals surface area contributed by atoms with Gasteiger partial charge in [0.2, 0.25) is 0 Å². The smallest absolute Gasteiger partial charge is 0.356 e. The fourth-order valence-corrected chi connectivity index (χ4v) is 5.52. The highest BCUT2D eigenvalue weighted by Crippen LogP contribution is 2.61. The summed E-state index contributed by atoms with van der Waals surface area (Å²) in [5.41, 5.74) is -4.35. The number of aliphatic hydroxyl groups excluding tert-OH is 1. The Kier molecular flexibility index (Phi) is 8.96. The molecule has 190 valence electrons. The Hall–Kier alpha value is -2.15. The number of methoxy groups -OCH3 is 1. The molecule has 1 unspecified atom stereocenters. The van der Waals surface area contributed by atoms with Gasteiger partial charge >= 0.3 is 11.9 Å². The highest BCUT2D eigenvalue weighted by molar-refractivity contribution is 5.81. The fraction of sp³-hybridized carbons (Fsp3) is 0.667. The van der Waals surface area contributed by atoms with Gasteiger partial charge < -0.3 is 19.3 Å². The van der Waals surface area contributed by atoms with E-state index in [9.17, 15) is 9.90 Å². The second-order valence-electron chi connectivity index (χ2n) is 9.47. The van der Waals surface area contributed by atoms with Gasteiger partial charge in [-0.05, 0) is 44.6 Å². The molecule has 1 fully saturated rings. The summed E-state index contributed by atoms with van der Waals surface area (Å²) >= 11 is 0. The second kappa shape index (κ2) is 11.5. The summed E-state index contributed by atoms with van der Waals surface area (Å²) in [7, 11) is 1.10. The van der Waals surface area contributed by atoms with Crippen molar-refractivity contribution in [3.63, 3.8) is 0 Å². The molecule has 4 atom stereocenters. The molecule has 0 spiro atoms. The van der Waals surface area contributed by atoms with E-state index < -0.39 is 34.9 Å². The van der Waals surface area contributed by atoms with Gasteiger partial charge in [0.15, 0.2) is 0 Å². The quantitative estimate of drug-likeness (QED) is 0.249. The lowest BCUT2D eigenvalue weighted by atomic mass is 9.64. The third-order valence-electron chi connectivity index (χ3n) is 7.41. The van der Waals surface area contributed by atoms with E-state index in [4.69, 9.17) is 14.2 Å². The van der Waals surface area contributed by atoms with Crippen LogP contribution in [0.5, 0.6) is 0 Å². The molecule has 0 radical (unpaired) electrons. The molecule has 1 N–H and O–H groups in total. The van der Waals surface area contributed by atoms with Crippen LogP contribution in [0.2, 0.25) is 0 Å². The molecule has 1 heterocycles. The summed E-state index contributed by atoms with van der Waals surface area (Å²) in [6, 6.07) is 0. The molecule has 0 aromatic carbocycles. The molecule has 0 amide bonds. The number of hydrogen-bond acceptors (Lipinski definition) is 5. The van der Waals surface area contributed by atoms with Crippen LogP contribution in [-0.4, -0.2) is 42.4 Å². The van der Waals surface area contributed by atoms with Crippen molar-refractivity contribution in [3.8, 4) is 0 Å². The van der Waals surface area contributed by atoms with Crippen LogP contribution in [0, 0.1) is 11.3 Å². The summed E-state index contributed by atoms with van der Waals surface area (Å²) < 4.78 is 50.3. The van der Waals surface area contributed by atoms with Crippen LogP contribution in [0.3, 0.4) is 0 Å². The molecule has 0 bridgehead atoms. The molecule has 3 rings (SSSR count). The largest absolute Gasteiger partial charge is 0.466 e. The number of esters is 1. The van der Waals surface area contributed by atoms with Gasteiger partial charge in [-0.3, -0.25) is 0 Å². The van der Waals surface area contributed by atoms with Crippen LogP contribution in [-0.2, 0) is 19.0 Å². The summed E-state index contributed by atoms with van der Waals surface area (Å²) in [6.07, 6.45) is 16.2. The lowest BCUT2D eigenvalue weighted by Gasteiger charge is -2.48. The molecule has 2 aliphatic carbocycles. The third-order valence-corrected chi connectivity index (χ3v) is 7.41. The maximum Gasteiger partial charge on any atom is 0.356 e. The maximum absolute atomic E-state index is 17.0. The Morgan fingerprint density at radius 1 is 1.24 bits per heavy atom. The van der Waals surface area contributed by atoms with Crippen molar-refractivity contribution in [2.75, 3.05) is 13.7 Å². The molecule has 7 heteroatoms. The van der Waals surface area contributed by atoms with Crippen LogP contribution in [0.25, 0.3) is 0 Å². The predicted molar refractivity (Wildman–Crippen MR) is 126 cm³/mol. The minimum Gasteiger partial charge on any atom is -0.466 e. The van der Waals surface area contributed by atoms with Crippen molar-refractivity contribution < 1.29 is 32.9 Å². The fourth-order valence-electron chi connectivity index (χ4n) is 5.52. The topological polar surface area (TPSA) is 65.0 Å². The first-order valence-corrected chi connectivity index (χ1v) is 12.5. The number of alkyl halides is 2. The lowest BCUT2D eigenvalue weighted by molar-refractivity contribution is -0.266. The van der Waals surface area contributed by atoms with Gasteiger partial charge in [-0.25, -0.2) is 13.6 Å². The molecule has 34 heavy (non-hydrogen) atoms. The van der Waals surface area contributed by atoms with Gasteiger partial charge in [0.05, 0.1) is 18.6 Å². The van der Waals surface area contributed by atoms with Crippen molar-refractivity contribution >= 4 is 5.97 Å². The van der Waals surface area contributed by atoms with Crippen LogP contribution in [0.15, 0.2) is 48.5 Å². The first-order chi connectivity index (χ1) is 16.3. The minimum atomic E-state index is -3.67. The Morgan fingerprint density at radius 3 is 2.76 bits per heavy atom. The van der Waals surface area contributed by atoms with Gasteiger partial charge in [-0.1, -0.05) is 56.6 Å². The van der Waals surface area contributed by atoms with Gasteiger partial charge in [0.25, 0.3) is 11.5 Å². The Bertz CT molecular complexity index is 818. The van der Waals surface area contributed by atoms with E-state index in [0.717, 1.165) is 32.8 Å². The number of hydrogen-bond donors (Lipinski definition) is 1. The molecule has 3 aliphatic rings. The highest BCUT2D eigenvalue weighted by Gasteiger charge is 2.74. The standard InChI is InChI=1S/C27H38F2O5/c1-3-4-5-6-7-11-17-25-19-16-22(30)21(25)14-9-8-12-18-26(24(31)32-2,27(25,28)29)34-23-15-10-13-20-33-23/h8-11,13,15,17,21-22,30H,3-7,12,14,16,18-20H2,1-2H3/t21-,22-,25+,26?/m0/s1. The molecular weight excluding hydrogens is 442 g/mol. The molecule has 1 saturated carbocycles. The lowest BCUT2D eigenvalue weighted by Crippen LogP contribution is -2.65. The van der Waals surface area contributed by atoms with Crippen LogP contribution in [0.1, 0.15) is 71.1 Å². The number of allylic oxidation sites excluding steroid dienone is 6. The van der Waals surface area contributed by atoms with Crippen LogP contribution in [0.4, 0.5) is 8.78 Å². The number of fused-ring (bicyclic) bond motifs is 1. The number of halogens is 2. The SMILES string of the molecule is CCCCCCC=C[C@@]12CC[C@H](O)[C@@H]1CC=CCCC(OC1=CC=CCO1)(C(=O)OC)C2(F)F. The van der Waals surface area contributed by atoms with E-state index in [-0.39, 0.29) is 38.2 Å². The molecule has 5 nitrogen and oxygen atoms in total. The second-order valence-corrected chi connectivity index (χ2v) is 9.47. The van der Waals surface area contributed by atoms with Gasteiger partial charge in [0.1, 0.15) is 6.61 Å². The van der Waals surface area contributed by atoms with Crippen molar-refractivity contribution in [1.82, 2.24) is 0 Å². The molecule has 0 aromatic heterocycles. The maximum atomic E-state index is 17.0. The molecule has 0 aromatic rings. The number of carbonyl (C=O) groups is 1. The molecule has 0 saturated heterocycles. The first-order valence-electron chi connectivity index (χ1n) is 12.5. The van der Waals surface area contributed by atoms with E-state index in [0.29, 0.717) is 12.8 Å². The summed E-state index contributed by atoms with van der Waals surface area (Å²) in [6.45, 7) is 2.29. The third kappa shape index (κ3) is 4.95. The average Bonchev–Trinajstić information content (AvgIpc) is 3.17. The Labute approximate surface area is 201 Å². The van der Waals surface area contributed by atoms with Gasteiger partial charge in [-0.2, -0.15) is 0 Å². The number of unbranched alkanes of at least 4 members (excludes halogenated alkanes) is 4. The van der Waals surface area contributed by atoms with Crippen molar-refractivity contribution in [1.29, 1.82) is 0 Å². The van der Waals surface area contributed by atoms with E-state index in [2.05, 4.69) is 6.92 Å². The monoisotopic (exact) mass is 480 g/mol. The van der Waals surface area contributed by atoms with E-state index in [1.54, 1.807) is 30.4 Å². The highest BCUT2D eigenvalue weighted by atomic mass is 19.3. The zero-order chi connectivity index (χ0) is 24.7.